The summed E-state index contributed by atoms with van der Waals surface area (Å²) in [7, 11) is 0. The number of aliphatic carboxylic acids is 1. The van der Waals surface area contributed by atoms with Gasteiger partial charge in [-0.2, -0.15) is 0 Å². The fraction of sp³-hybridized carbons (Fsp3) is 0.467. The summed E-state index contributed by atoms with van der Waals surface area (Å²) in [6.45, 7) is 0. The zero-order valence-corrected chi connectivity index (χ0v) is 15.5. The van der Waals surface area contributed by atoms with Crippen molar-refractivity contribution in [2.45, 2.75) is 37.6 Å². The van der Waals surface area contributed by atoms with E-state index in [2.05, 4.69) is 21.2 Å². The van der Waals surface area contributed by atoms with Crippen LogP contribution in [0.1, 0.15) is 37.2 Å². The second-order valence-electron chi connectivity index (χ2n) is 5.78. The van der Waals surface area contributed by atoms with Crippen molar-refractivity contribution in [3.63, 3.8) is 0 Å². The third kappa shape index (κ3) is 3.70. The molecule has 0 saturated heterocycles. The van der Waals surface area contributed by atoms with Crippen molar-refractivity contribution in [1.82, 2.24) is 5.32 Å². The summed E-state index contributed by atoms with van der Waals surface area (Å²) in [5, 5.41) is 13.9. The molecule has 2 atom stereocenters. The zero-order chi connectivity index (χ0) is 14.3. The minimum atomic E-state index is -1.09. The number of carboxylic acids is 1. The van der Waals surface area contributed by atoms with Gasteiger partial charge in [0.15, 0.2) is 0 Å². The molecule has 2 aliphatic rings. The van der Waals surface area contributed by atoms with E-state index in [0.717, 1.165) is 10.9 Å². The van der Waals surface area contributed by atoms with Crippen LogP contribution in [0.2, 0.25) is 0 Å². The minimum Gasteiger partial charge on any atom is -0.550 e. The Morgan fingerprint density at radius 2 is 2.00 bits per heavy atom. The Labute approximate surface area is 154 Å². The monoisotopic (exact) mass is 359 g/mol. The number of nitrogens with one attached hydrogen (secondary N) is 1. The molecule has 6 heteroatoms. The Morgan fingerprint density at radius 1 is 1.33 bits per heavy atom. The summed E-state index contributed by atoms with van der Waals surface area (Å²) in [5.74, 6) is -0.940. The zero-order valence-electron chi connectivity index (χ0n) is 11.9. The van der Waals surface area contributed by atoms with Crippen LogP contribution in [-0.4, -0.2) is 17.9 Å². The third-order valence-electron chi connectivity index (χ3n) is 4.23. The molecule has 1 N–H and O–H groups in total. The molecule has 3 rings (SSSR count). The van der Waals surface area contributed by atoms with Crippen molar-refractivity contribution in [2.24, 2.45) is 5.41 Å². The van der Waals surface area contributed by atoms with Gasteiger partial charge in [0, 0.05) is 34.2 Å². The number of carbonyl (C=O) groups is 2. The van der Waals surface area contributed by atoms with Gasteiger partial charge in [-0.1, -0.05) is 34.1 Å². The van der Waals surface area contributed by atoms with Gasteiger partial charge in [0.2, 0.25) is 5.91 Å². The van der Waals surface area contributed by atoms with Crippen LogP contribution in [0.4, 0.5) is 0 Å². The molecule has 106 valence electrons. The topological polar surface area (TPSA) is 69.2 Å². The Balaban J connectivity index is 0.00000161. The van der Waals surface area contributed by atoms with Crippen LogP contribution in [0.3, 0.4) is 0 Å². The maximum Gasteiger partial charge on any atom is 1.00 e. The van der Waals surface area contributed by atoms with Crippen molar-refractivity contribution in [1.29, 1.82) is 0 Å². The first-order valence-corrected chi connectivity index (χ1v) is 7.56. The average Bonchev–Trinajstić information content (AvgIpc) is 3.27. The molecule has 1 aromatic carbocycles. The molecule has 1 amide bonds. The Hall–Kier alpha value is -0.360. The molecule has 2 saturated carbocycles. The fourth-order valence-corrected chi connectivity index (χ4v) is 3.22. The SMILES string of the molecule is O=C(CC1(C(=O)[O-])CC1)N[C@@H]1C[C@H]1c1ccccc1Br.[Na+]. The predicted octanol–water partition coefficient (Wildman–Crippen LogP) is -1.65. The second kappa shape index (κ2) is 6.41. The molecule has 0 unspecified atom stereocenters. The minimum absolute atomic E-state index is 0. The molecule has 2 fully saturated rings. The number of carbonyl (C=O) groups excluding carboxylic acids is 2. The van der Waals surface area contributed by atoms with E-state index in [1.165, 1.54) is 5.56 Å². The number of halogens is 1. The van der Waals surface area contributed by atoms with E-state index in [0.29, 0.717) is 18.8 Å². The van der Waals surface area contributed by atoms with E-state index in [9.17, 15) is 14.7 Å². The molecule has 0 spiro atoms. The summed E-state index contributed by atoms with van der Waals surface area (Å²) in [4.78, 5) is 22.9. The smallest absolute Gasteiger partial charge is 0.550 e. The van der Waals surface area contributed by atoms with Crippen LogP contribution in [0, 0.1) is 5.41 Å². The van der Waals surface area contributed by atoms with Crippen molar-refractivity contribution < 1.29 is 44.3 Å². The molecule has 21 heavy (non-hydrogen) atoms. The van der Waals surface area contributed by atoms with Gasteiger partial charge in [-0.05, 0) is 30.9 Å². The Kier molecular flexibility index (Phi) is 5.19. The van der Waals surface area contributed by atoms with E-state index >= 15 is 0 Å². The maximum atomic E-state index is 11.9. The molecular weight excluding hydrogens is 345 g/mol. The van der Waals surface area contributed by atoms with E-state index < -0.39 is 11.4 Å². The first kappa shape index (κ1) is 17.0. The predicted molar refractivity (Wildman–Crippen MR) is 74.7 cm³/mol. The summed E-state index contributed by atoms with van der Waals surface area (Å²) >= 11 is 3.51. The van der Waals surface area contributed by atoms with Gasteiger partial charge >= 0.3 is 29.6 Å². The van der Waals surface area contributed by atoms with Crippen molar-refractivity contribution in [2.75, 3.05) is 0 Å². The first-order chi connectivity index (χ1) is 9.52. The van der Waals surface area contributed by atoms with Gasteiger partial charge in [0.1, 0.15) is 0 Å². The van der Waals surface area contributed by atoms with E-state index in [4.69, 9.17) is 0 Å². The van der Waals surface area contributed by atoms with Crippen LogP contribution in [0.5, 0.6) is 0 Å². The Bertz CT molecular complexity index is 574. The van der Waals surface area contributed by atoms with E-state index in [-0.39, 0.29) is 47.9 Å². The molecule has 0 aromatic heterocycles. The number of hydrogen-bond acceptors (Lipinski definition) is 3. The number of carboxylic acid groups (broad SMARTS) is 1. The van der Waals surface area contributed by atoms with Crippen molar-refractivity contribution in [3.8, 4) is 0 Å². The van der Waals surface area contributed by atoms with Gasteiger partial charge in [-0.25, -0.2) is 0 Å². The van der Waals surface area contributed by atoms with Gasteiger partial charge in [-0.15, -0.1) is 0 Å². The first-order valence-electron chi connectivity index (χ1n) is 6.77. The van der Waals surface area contributed by atoms with Crippen LogP contribution in [0.25, 0.3) is 0 Å². The molecule has 0 radical (unpaired) electrons. The quantitative estimate of drug-likeness (QED) is 0.640. The number of rotatable bonds is 5. The summed E-state index contributed by atoms with van der Waals surface area (Å²) < 4.78 is 1.05. The van der Waals surface area contributed by atoms with Crippen LogP contribution in [0.15, 0.2) is 28.7 Å². The van der Waals surface area contributed by atoms with Gasteiger partial charge in [-0.3, -0.25) is 4.79 Å². The summed E-state index contributed by atoms with van der Waals surface area (Å²) in [6, 6.07) is 8.10. The fourth-order valence-electron chi connectivity index (χ4n) is 2.64. The molecule has 0 aliphatic heterocycles. The Morgan fingerprint density at radius 3 is 2.57 bits per heavy atom. The summed E-state index contributed by atoms with van der Waals surface area (Å²) in [6.07, 6.45) is 2.07. The normalized spacial score (nSPS) is 24.6. The van der Waals surface area contributed by atoms with E-state index in [1.54, 1.807) is 0 Å². The van der Waals surface area contributed by atoms with E-state index in [1.807, 2.05) is 24.3 Å². The average molecular weight is 360 g/mol. The molecule has 0 bridgehead atoms. The number of amides is 1. The number of hydrogen-bond donors (Lipinski definition) is 1. The van der Waals surface area contributed by atoms with Gasteiger partial charge in [0.05, 0.1) is 0 Å². The number of benzene rings is 1. The maximum absolute atomic E-state index is 11.9. The standard InChI is InChI=1S/C15H16BrNO3.Na/c16-11-4-2-1-3-9(11)10-7-12(10)17-13(18)8-15(5-6-15)14(19)20;/h1-4,10,12H,5-8H2,(H,17,18)(H,19,20);/q;+1/p-1/t10-,12+;/m0./s1. The largest absolute Gasteiger partial charge is 1.00 e. The van der Waals surface area contributed by atoms with Crippen LogP contribution < -0.4 is 40.0 Å². The summed E-state index contributed by atoms with van der Waals surface area (Å²) in [5.41, 5.74) is 0.306. The molecular formula is C15H15BrNNaO3. The molecule has 0 heterocycles. The second-order valence-corrected chi connectivity index (χ2v) is 6.64. The molecule has 1 aromatic rings. The van der Waals surface area contributed by atoms with Crippen LogP contribution >= 0.6 is 15.9 Å². The van der Waals surface area contributed by atoms with Crippen LogP contribution in [-0.2, 0) is 9.59 Å². The third-order valence-corrected chi connectivity index (χ3v) is 4.95. The van der Waals surface area contributed by atoms with Gasteiger partial charge in [0.25, 0.3) is 0 Å². The molecule has 4 nitrogen and oxygen atoms in total. The molecule has 2 aliphatic carbocycles. The van der Waals surface area contributed by atoms with Crippen molar-refractivity contribution >= 4 is 27.8 Å². The van der Waals surface area contributed by atoms with Crippen molar-refractivity contribution in [3.05, 3.63) is 34.3 Å². The van der Waals surface area contributed by atoms with Gasteiger partial charge < -0.3 is 15.2 Å².